The molecule has 0 radical (unpaired) electrons. The van der Waals surface area contributed by atoms with E-state index in [1.165, 1.54) is 0 Å². The quantitative estimate of drug-likeness (QED) is 0.570. The summed E-state index contributed by atoms with van der Waals surface area (Å²) in [5.74, 6) is 1.35. The lowest BCUT2D eigenvalue weighted by molar-refractivity contribution is 0.904. The van der Waals surface area contributed by atoms with Gasteiger partial charge in [0.25, 0.3) is 5.56 Å². The first-order valence-corrected chi connectivity index (χ1v) is 8.70. The van der Waals surface area contributed by atoms with E-state index in [9.17, 15) is 4.79 Å². The molecule has 3 N–H and O–H groups in total. The topological polar surface area (TPSA) is 82.7 Å². The highest BCUT2D eigenvalue weighted by Crippen LogP contribution is 2.15. The summed E-state index contributed by atoms with van der Waals surface area (Å²) in [6.07, 6.45) is 2.70. The van der Waals surface area contributed by atoms with Gasteiger partial charge in [-0.15, -0.1) is 0 Å². The number of aromatic amines is 1. The third-order valence-electron chi connectivity index (χ3n) is 4.19. The van der Waals surface area contributed by atoms with Crippen molar-refractivity contribution in [2.75, 3.05) is 23.7 Å². The first-order valence-electron chi connectivity index (χ1n) is 8.70. The Bertz CT molecular complexity index is 904. The van der Waals surface area contributed by atoms with E-state index in [-0.39, 0.29) is 5.56 Å². The average Bonchev–Trinajstić information content (AvgIpc) is 2.67. The molecule has 3 rings (SSSR count). The summed E-state index contributed by atoms with van der Waals surface area (Å²) in [4.78, 5) is 23.5. The van der Waals surface area contributed by atoms with Crippen LogP contribution in [0.4, 0.5) is 11.5 Å². The van der Waals surface area contributed by atoms with Gasteiger partial charge in [0, 0.05) is 41.8 Å². The van der Waals surface area contributed by atoms with Crippen LogP contribution < -0.4 is 16.2 Å². The number of para-hydroxylation sites is 1. The number of rotatable bonds is 7. The van der Waals surface area contributed by atoms with Crippen molar-refractivity contribution in [3.05, 3.63) is 70.3 Å². The molecule has 0 aliphatic carbocycles. The number of anilines is 2. The number of nitrogens with one attached hydrogen (secondary N) is 3. The molecule has 26 heavy (non-hydrogen) atoms. The maximum Gasteiger partial charge on any atom is 0.254 e. The molecule has 6 nitrogen and oxygen atoms in total. The molecule has 0 bridgehead atoms. The van der Waals surface area contributed by atoms with Crippen LogP contribution in [0.1, 0.15) is 17.7 Å². The summed E-state index contributed by atoms with van der Waals surface area (Å²) in [6, 6.07) is 14.0. The monoisotopic (exact) mass is 349 g/mol. The van der Waals surface area contributed by atoms with Gasteiger partial charge in [-0.2, -0.15) is 0 Å². The van der Waals surface area contributed by atoms with Gasteiger partial charge in [0.1, 0.15) is 11.6 Å². The maximum absolute atomic E-state index is 11.9. The third kappa shape index (κ3) is 4.47. The van der Waals surface area contributed by atoms with Crippen molar-refractivity contribution in [1.29, 1.82) is 0 Å². The van der Waals surface area contributed by atoms with E-state index >= 15 is 0 Å². The fourth-order valence-corrected chi connectivity index (χ4v) is 2.51. The molecule has 0 aliphatic heterocycles. The normalized spacial score (nSPS) is 10.5. The van der Waals surface area contributed by atoms with Gasteiger partial charge in [-0.3, -0.25) is 4.79 Å². The number of benzene rings is 1. The summed E-state index contributed by atoms with van der Waals surface area (Å²) in [5.41, 5.74) is 3.19. The number of aryl methyl sites for hydroxylation is 1. The largest absolute Gasteiger partial charge is 0.385 e. The van der Waals surface area contributed by atoms with Gasteiger partial charge in [-0.05, 0) is 44.5 Å². The van der Waals surface area contributed by atoms with Crippen LogP contribution in [0.3, 0.4) is 0 Å². The Hall–Kier alpha value is -3.15. The van der Waals surface area contributed by atoms with Crippen LogP contribution in [0.25, 0.3) is 11.4 Å². The first-order chi connectivity index (χ1) is 12.6. The number of nitrogens with zero attached hydrogens (tertiary/aromatic N) is 2. The zero-order valence-electron chi connectivity index (χ0n) is 15.0. The molecule has 0 saturated heterocycles. The first kappa shape index (κ1) is 17.7. The van der Waals surface area contributed by atoms with Crippen molar-refractivity contribution in [1.82, 2.24) is 15.0 Å². The van der Waals surface area contributed by atoms with E-state index in [4.69, 9.17) is 0 Å². The molecule has 0 atom stereocenters. The van der Waals surface area contributed by atoms with Crippen LogP contribution in [0.15, 0.2) is 53.5 Å². The zero-order chi connectivity index (χ0) is 18.4. The summed E-state index contributed by atoms with van der Waals surface area (Å²) >= 11 is 0. The van der Waals surface area contributed by atoms with Gasteiger partial charge in [-0.1, -0.05) is 18.2 Å². The van der Waals surface area contributed by atoms with E-state index in [0.29, 0.717) is 11.4 Å². The molecular formula is C20H23N5O. The van der Waals surface area contributed by atoms with Crippen molar-refractivity contribution in [2.24, 2.45) is 0 Å². The molecule has 3 aromatic rings. The Balaban J connectivity index is 1.51. The van der Waals surface area contributed by atoms with Crippen molar-refractivity contribution < 1.29 is 0 Å². The lowest BCUT2D eigenvalue weighted by Crippen LogP contribution is -2.14. The Labute approximate surface area is 152 Å². The molecule has 0 spiro atoms. The van der Waals surface area contributed by atoms with Gasteiger partial charge in [0.15, 0.2) is 0 Å². The van der Waals surface area contributed by atoms with Crippen molar-refractivity contribution in [2.45, 2.75) is 20.3 Å². The van der Waals surface area contributed by atoms with Crippen molar-refractivity contribution >= 4 is 11.5 Å². The molecule has 0 aliphatic rings. The minimum absolute atomic E-state index is 0.111. The molecule has 0 fully saturated rings. The molecule has 6 heteroatoms. The summed E-state index contributed by atoms with van der Waals surface area (Å²) in [6.45, 7) is 5.32. The Morgan fingerprint density at radius 3 is 2.46 bits per heavy atom. The third-order valence-corrected chi connectivity index (χ3v) is 4.19. The smallest absolute Gasteiger partial charge is 0.254 e. The minimum Gasteiger partial charge on any atom is -0.385 e. The number of H-pyrrole nitrogens is 1. The predicted molar refractivity (Wildman–Crippen MR) is 106 cm³/mol. The highest BCUT2D eigenvalue weighted by Gasteiger charge is 2.06. The second kappa shape index (κ2) is 8.29. The fraction of sp³-hybridized carbons (Fsp3) is 0.250. The molecule has 1 aromatic carbocycles. The average molecular weight is 349 g/mol. The molecule has 2 heterocycles. The zero-order valence-corrected chi connectivity index (χ0v) is 15.0. The second-order valence-electron chi connectivity index (χ2n) is 6.13. The standard InChI is InChI=1S/C20H23N5O/c1-14-15(2)24-19(25-20(14)26)16-9-10-18(23-13-16)22-12-6-11-21-17-7-4-3-5-8-17/h3-5,7-10,13,21H,6,11-12H2,1-2H3,(H,22,23)(H,24,25,26). The van der Waals surface area contributed by atoms with Crippen LogP contribution in [0, 0.1) is 13.8 Å². The molecule has 0 saturated carbocycles. The van der Waals surface area contributed by atoms with Crippen LogP contribution >= 0.6 is 0 Å². The molecule has 134 valence electrons. The van der Waals surface area contributed by atoms with Crippen molar-refractivity contribution in [3.63, 3.8) is 0 Å². The van der Waals surface area contributed by atoms with Gasteiger partial charge in [0.05, 0.1) is 0 Å². The SMILES string of the molecule is Cc1nc(-c2ccc(NCCCNc3ccccc3)nc2)[nH]c(=O)c1C. The number of aromatic nitrogens is 3. The Kier molecular flexibility index (Phi) is 5.63. The molecule has 2 aromatic heterocycles. The molecule has 0 unspecified atom stereocenters. The second-order valence-corrected chi connectivity index (χ2v) is 6.13. The van der Waals surface area contributed by atoms with Crippen LogP contribution in [0.5, 0.6) is 0 Å². The lowest BCUT2D eigenvalue weighted by Gasteiger charge is -2.09. The van der Waals surface area contributed by atoms with Gasteiger partial charge in [-0.25, -0.2) is 9.97 Å². The van der Waals surface area contributed by atoms with E-state index in [1.807, 2.05) is 37.3 Å². The van der Waals surface area contributed by atoms with E-state index in [2.05, 4.69) is 37.7 Å². The Morgan fingerprint density at radius 2 is 1.77 bits per heavy atom. The minimum atomic E-state index is -0.111. The molecule has 0 amide bonds. The van der Waals surface area contributed by atoms with E-state index in [1.54, 1.807) is 13.1 Å². The highest BCUT2D eigenvalue weighted by atomic mass is 16.1. The molecular weight excluding hydrogens is 326 g/mol. The van der Waals surface area contributed by atoms with Crippen LogP contribution in [-0.2, 0) is 0 Å². The van der Waals surface area contributed by atoms with Gasteiger partial charge in [0.2, 0.25) is 0 Å². The van der Waals surface area contributed by atoms with E-state index < -0.39 is 0 Å². The predicted octanol–water partition coefficient (Wildman–Crippen LogP) is 3.36. The van der Waals surface area contributed by atoms with Crippen LogP contribution in [0.2, 0.25) is 0 Å². The Morgan fingerprint density at radius 1 is 1.00 bits per heavy atom. The number of pyridine rings is 1. The number of hydrogen-bond donors (Lipinski definition) is 3. The fourth-order valence-electron chi connectivity index (χ4n) is 2.51. The van der Waals surface area contributed by atoms with Gasteiger partial charge < -0.3 is 15.6 Å². The summed E-state index contributed by atoms with van der Waals surface area (Å²) in [7, 11) is 0. The van der Waals surface area contributed by atoms with Crippen molar-refractivity contribution in [3.8, 4) is 11.4 Å². The number of hydrogen-bond acceptors (Lipinski definition) is 5. The summed E-state index contributed by atoms with van der Waals surface area (Å²) in [5, 5.41) is 6.67. The lowest BCUT2D eigenvalue weighted by atomic mass is 10.2. The van der Waals surface area contributed by atoms with Gasteiger partial charge >= 0.3 is 0 Å². The van der Waals surface area contributed by atoms with Crippen LogP contribution in [-0.4, -0.2) is 28.0 Å². The highest BCUT2D eigenvalue weighted by molar-refractivity contribution is 5.56. The summed E-state index contributed by atoms with van der Waals surface area (Å²) < 4.78 is 0. The van der Waals surface area contributed by atoms with E-state index in [0.717, 1.165) is 42.3 Å². The maximum atomic E-state index is 11.9.